The molecule has 2 aromatic carbocycles. The first-order valence-corrected chi connectivity index (χ1v) is 7.28. The maximum Gasteiger partial charge on any atom is 0.128 e. The van der Waals surface area contributed by atoms with Crippen molar-refractivity contribution in [2.45, 2.75) is 6.54 Å². The number of nitrogens with zero attached hydrogens (tertiary/aromatic N) is 1. The fourth-order valence-electron chi connectivity index (χ4n) is 2.00. The van der Waals surface area contributed by atoms with E-state index in [0.29, 0.717) is 5.56 Å². The molecule has 5 heteroatoms. The molecule has 0 unspecified atom stereocenters. The summed E-state index contributed by atoms with van der Waals surface area (Å²) in [7, 11) is 0. The summed E-state index contributed by atoms with van der Waals surface area (Å²) in [6.45, 7) is 0.227. The van der Waals surface area contributed by atoms with E-state index in [1.165, 1.54) is 6.07 Å². The Kier molecular flexibility index (Phi) is 3.92. The van der Waals surface area contributed by atoms with E-state index >= 15 is 0 Å². The number of aromatic nitrogens is 1. The first-order valence-electron chi connectivity index (χ1n) is 6.40. The molecule has 0 saturated heterocycles. The molecule has 0 atom stereocenters. The lowest BCUT2D eigenvalue weighted by Crippen LogP contribution is -2.02. The van der Waals surface area contributed by atoms with Crippen molar-refractivity contribution in [2.75, 3.05) is 5.32 Å². The Morgan fingerprint density at radius 2 is 2.00 bits per heavy atom. The fraction of sp³-hybridized carbons (Fsp3) is 0.0625. The molecule has 0 bridgehead atoms. The van der Waals surface area contributed by atoms with Crippen LogP contribution >= 0.6 is 11.3 Å². The standard InChI is InChI=1S/C16H12F2N2S/c17-13-4-5-15(18)12(8-13)10-20-14-3-1-2-11(9-14)16-19-6-7-21-16/h1-9,20H,10H2. The number of hydrogen-bond donors (Lipinski definition) is 1. The molecule has 106 valence electrons. The van der Waals surface area contributed by atoms with E-state index in [1.54, 1.807) is 17.5 Å². The topological polar surface area (TPSA) is 24.9 Å². The Morgan fingerprint density at radius 1 is 1.10 bits per heavy atom. The van der Waals surface area contributed by atoms with Crippen LogP contribution in [0.3, 0.4) is 0 Å². The van der Waals surface area contributed by atoms with Crippen LogP contribution in [0.1, 0.15) is 5.56 Å². The van der Waals surface area contributed by atoms with Crippen LogP contribution in [0.2, 0.25) is 0 Å². The zero-order valence-corrected chi connectivity index (χ0v) is 11.8. The molecule has 0 aliphatic rings. The highest BCUT2D eigenvalue weighted by Gasteiger charge is 2.05. The van der Waals surface area contributed by atoms with Gasteiger partial charge in [-0.3, -0.25) is 0 Å². The van der Waals surface area contributed by atoms with Gasteiger partial charge in [-0.05, 0) is 30.3 Å². The first kappa shape index (κ1) is 13.7. The molecule has 0 amide bonds. The van der Waals surface area contributed by atoms with Gasteiger partial charge in [0.25, 0.3) is 0 Å². The summed E-state index contributed by atoms with van der Waals surface area (Å²) in [4.78, 5) is 4.25. The Bertz CT molecular complexity index is 742. The van der Waals surface area contributed by atoms with E-state index in [9.17, 15) is 8.78 Å². The summed E-state index contributed by atoms with van der Waals surface area (Å²) in [5.74, 6) is -0.857. The molecule has 0 aliphatic heterocycles. The Hall–Kier alpha value is -2.27. The summed E-state index contributed by atoms with van der Waals surface area (Å²) in [5.41, 5.74) is 2.13. The lowest BCUT2D eigenvalue weighted by molar-refractivity contribution is 0.587. The molecule has 0 radical (unpaired) electrons. The Balaban J connectivity index is 1.76. The van der Waals surface area contributed by atoms with E-state index in [-0.39, 0.29) is 6.54 Å². The van der Waals surface area contributed by atoms with Crippen LogP contribution < -0.4 is 5.32 Å². The summed E-state index contributed by atoms with van der Waals surface area (Å²) >= 11 is 1.56. The van der Waals surface area contributed by atoms with E-state index < -0.39 is 11.6 Å². The molecule has 2 nitrogen and oxygen atoms in total. The number of thiazole rings is 1. The van der Waals surface area contributed by atoms with Crippen molar-refractivity contribution in [1.29, 1.82) is 0 Å². The van der Waals surface area contributed by atoms with Crippen molar-refractivity contribution in [2.24, 2.45) is 0 Å². The maximum absolute atomic E-state index is 13.6. The van der Waals surface area contributed by atoms with Gasteiger partial charge in [-0.1, -0.05) is 12.1 Å². The third-order valence-corrected chi connectivity index (χ3v) is 3.85. The third kappa shape index (κ3) is 3.25. The molecule has 3 rings (SSSR count). The summed E-state index contributed by atoms with van der Waals surface area (Å²) < 4.78 is 26.7. The zero-order chi connectivity index (χ0) is 14.7. The molecule has 1 aromatic heterocycles. The second kappa shape index (κ2) is 6.01. The van der Waals surface area contributed by atoms with Crippen molar-refractivity contribution in [3.8, 4) is 10.6 Å². The molecule has 1 heterocycles. The van der Waals surface area contributed by atoms with Crippen LogP contribution in [-0.2, 0) is 6.54 Å². The van der Waals surface area contributed by atoms with Crippen molar-refractivity contribution in [1.82, 2.24) is 4.98 Å². The highest BCUT2D eigenvalue weighted by Crippen LogP contribution is 2.24. The molecule has 0 spiro atoms. The normalized spacial score (nSPS) is 10.6. The van der Waals surface area contributed by atoms with Gasteiger partial charge in [-0.2, -0.15) is 0 Å². The van der Waals surface area contributed by atoms with Gasteiger partial charge in [0.15, 0.2) is 0 Å². The minimum absolute atomic E-state index is 0.227. The van der Waals surface area contributed by atoms with Gasteiger partial charge in [0.1, 0.15) is 16.6 Å². The molecule has 3 aromatic rings. The van der Waals surface area contributed by atoms with Crippen LogP contribution in [0.25, 0.3) is 10.6 Å². The molecular weight excluding hydrogens is 290 g/mol. The van der Waals surface area contributed by atoms with Gasteiger partial charge in [0.2, 0.25) is 0 Å². The van der Waals surface area contributed by atoms with Gasteiger partial charge in [0.05, 0.1) is 0 Å². The first-order chi connectivity index (χ1) is 10.2. The zero-order valence-electron chi connectivity index (χ0n) is 11.0. The Labute approximate surface area is 125 Å². The largest absolute Gasteiger partial charge is 0.381 e. The predicted octanol–water partition coefficient (Wildman–Crippen LogP) is 4.70. The molecule has 0 aliphatic carbocycles. The number of halogens is 2. The Morgan fingerprint density at radius 3 is 2.81 bits per heavy atom. The highest BCUT2D eigenvalue weighted by molar-refractivity contribution is 7.13. The number of benzene rings is 2. The average Bonchev–Trinajstić information content (AvgIpc) is 3.03. The van der Waals surface area contributed by atoms with Crippen molar-refractivity contribution < 1.29 is 8.78 Å². The number of hydrogen-bond acceptors (Lipinski definition) is 3. The minimum atomic E-state index is -0.440. The SMILES string of the molecule is Fc1ccc(F)c(CNc2cccc(-c3nccs3)c2)c1. The van der Waals surface area contributed by atoms with Crippen molar-refractivity contribution >= 4 is 17.0 Å². The fourth-order valence-corrected chi connectivity index (χ4v) is 2.64. The molecule has 21 heavy (non-hydrogen) atoms. The van der Waals surface area contributed by atoms with Crippen LogP contribution in [-0.4, -0.2) is 4.98 Å². The van der Waals surface area contributed by atoms with Crippen molar-refractivity contribution in [3.05, 3.63) is 71.2 Å². The van der Waals surface area contributed by atoms with Gasteiger partial charge >= 0.3 is 0 Å². The minimum Gasteiger partial charge on any atom is -0.381 e. The third-order valence-electron chi connectivity index (χ3n) is 3.03. The number of rotatable bonds is 4. The van der Waals surface area contributed by atoms with Crippen LogP contribution in [0.4, 0.5) is 14.5 Å². The number of anilines is 1. The smallest absolute Gasteiger partial charge is 0.128 e. The maximum atomic E-state index is 13.6. The van der Waals surface area contributed by atoms with E-state index in [2.05, 4.69) is 10.3 Å². The highest BCUT2D eigenvalue weighted by atomic mass is 32.1. The van der Waals surface area contributed by atoms with E-state index in [4.69, 9.17) is 0 Å². The van der Waals surface area contributed by atoms with E-state index in [0.717, 1.165) is 28.4 Å². The van der Waals surface area contributed by atoms with Crippen LogP contribution in [0, 0.1) is 11.6 Å². The van der Waals surface area contributed by atoms with Gasteiger partial charge in [-0.15, -0.1) is 11.3 Å². The predicted molar refractivity (Wildman–Crippen MR) is 81.2 cm³/mol. The van der Waals surface area contributed by atoms with Crippen LogP contribution in [0.15, 0.2) is 54.0 Å². The molecule has 0 saturated carbocycles. The lowest BCUT2D eigenvalue weighted by Gasteiger charge is -2.08. The van der Waals surface area contributed by atoms with Gasteiger partial charge < -0.3 is 5.32 Å². The summed E-state index contributed by atoms with van der Waals surface area (Å²) in [6, 6.07) is 11.1. The van der Waals surface area contributed by atoms with Crippen LogP contribution in [0.5, 0.6) is 0 Å². The summed E-state index contributed by atoms with van der Waals surface area (Å²) in [5, 5.41) is 5.94. The van der Waals surface area contributed by atoms with E-state index in [1.807, 2.05) is 29.6 Å². The van der Waals surface area contributed by atoms with Gasteiger partial charge in [0, 0.05) is 34.9 Å². The lowest BCUT2D eigenvalue weighted by atomic mass is 10.1. The monoisotopic (exact) mass is 302 g/mol. The van der Waals surface area contributed by atoms with Gasteiger partial charge in [-0.25, -0.2) is 13.8 Å². The molecule has 0 fully saturated rings. The summed E-state index contributed by atoms with van der Waals surface area (Å²) in [6.07, 6.45) is 1.75. The average molecular weight is 302 g/mol. The molecular formula is C16H12F2N2S. The quantitative estimate of drug-likeness (QED) is 0.755. The van der Waals surface area contributed by atoms with Crippen molar-refractivity contribution in [3.63, 3.8) is 0 Å². The second-order valence-corrected chi connectivity index (χ2v) is 5.40. The number of nitrogens with one attached hydrogen (secondary N) is 1. The molecule has 1 N–H and O–H groups in total. The second-order valence-electron chi connectivity index (χ2n) is 4.51.